The lowest BCUT2D eigenvalue weighted by molar-refractivity contribution is -0.899. The van der Waals surface area contributed by atoms with Gasteiger partial charge in [-0.1, -0.05) is 6.07 Å². The minimum atomic E-state index is -0.683. The molecule has 1 unspecified atom stereocenters. The molecule has 1 heterocycles. The van der Waals surface area contributed by atoms with Crippen molar-refractivity contribution in [3.8, 4) is 0 Å². The Labute approximate surface area is 133 Å². The third-order valence-corrected chi connectivity index (χ3v) is 4.24. The van der Waals surface area contributed by atoms with Crippen LogP contribution in [0.3, 0.4) is 0 Å². The van der Waals surface area contributed by atoms with Crippen molar-refractivity contribution in [1.29, 1.82) is 0 Å². The number of likely N-dealkylation sites (tertiary alicyclic amines) is 1. The van der Waals surface area contributed by atoms with E-state index in [4.69, 9.17) is 5.73 Å². The Kier molecular flexibility index (Phi) is 5.65. The standard InChI is InChI=1S/C16H21F2N3O2/c1-10(13-5-4-12(17)7-14(13)18)20-15(22)9-21-6-2-3-11(8-21)16(19)23/h4-5,7,10-11H,2-3,6,8-9H2,1H3,(H2,19,23)(H,20,22)/p+1/t10-,11+/m1/s1. The fourth-order valence-corrected chi connectivity index (χ4v) is 3.00. The molecular formula is C16H22F2N3O2+. The van der Waals surface area contributed by atoms with E-state index in [9.17, 15) is 18.4 Å². The highest BCUT2D eigenvalue weighted by Gasteiger charge is 2.28. The van der Waals surface area contributed by atoms with Crippen LogP contribution < -0.4 is 16.0 Å². The Morgan fingerprint density at radius 1 is 1.43 bits per heavy atom. The third kappa shape index (κ3) is 4.72. The van der Waals surface area contributed by atoms with Crippen LogP contribution in [-0.4, -0.2) is 31.4 Å². The Morgan fingerprint density at radius 3 is 2.83 bits per heavy atom. The number of nitrogens with two attached hydrogens (primary N) is 1. The zero-order chi connectivity index (χ0) is 17.0. The van der Waals surface area contributed by atoms with E-state index >= 15 is 0 Å². The first-order valence-electron chi connectivity index (χ1n) is 7.74. The molecule has 2 amide bonds. The lowest BCUT2D eigenvalue weighted by Gasteiger charge is -2.28. The number of rotatable bonds is 5. The van der Waals surface area contributed by atoms with Gasteiger partial charge in [0.25, 0.3) is 5.91 Å². The summed E-state index contributed by atoms with van der Waals surface area (Å²) in [4.78, 5) is 24.3. The molecule has 126 valence electrons. The molecule has 23 heavy (non-hydrogen) atoms. The van der Waals surface area contributed by atoms with E-state index in [1.807, 2.05) is 0 Å². The Balaban J connectivity index is 1.90. The fourth-order valence-electron chi connectivity index (χ4n) is 3.00. The lowest BCUT2D eigenvalue weighted by Crippen LogP contribution is -3.15. The van der Waals surface area contributed by atoms with Gasteiger partial charge in [-0.05, 0) is 25.8 Å². The van der Waals surface area contributed by atoms with Crippen LogP contribution in [0.2, 0.25) is 0 Å². The summed E-state index contributed by atoms with van der Waals surface area (Å²) in [6, 6.07) is 2.73. The van der Waals surface area contributed by atoms with Gasteiger partial charge in [0.2, 0.25) is 5.91 Å². The van der Waals surface area contributed by atoms with Gasteiger partial charge >= 0.3 is 0 Å². The predicted molar refractivity (Wildman–Crippen MR) is 80.4 cm³/mol. The average molecular weight is 326 g/mol. The molecular weight excluding hydrogens is 304 g/mol. The normalized spacial score (nSPS) is 22.4. The van der Waals surface area contributed by atoms with Gasteiger partial charge in [0.1, 0.15) is 11.6 Å². The van der Waals surface area contributed by atoms with Crippen molar-refractivity contribution in [3.63, 3.8) is 0 Å². The molecule has 0 radical (unpaired) electrons. The van der Waals surface area contributed by atoms with E-state index in [2.05, 4.69) is 5.32 Å². The Hall–Kier alpha value is -2.02. The summed E-state index contributed by atoms with van der Waals surface area (Å²) in [5.74, 6) is -2.10. The summed E-state index contributed by atoms with van der Waals surface area (Å²) in [5.41, 5.74) is 5.56. The van der Waals surface area contributed by atoms with Crippen LogP contribution in [0.5, 0.6) is 0 Å². The Morgan fingerprint density at radius 2 is 2.17 bits per heavy atom. The van der Waals surface area contributed by atoms with Gasteiger partial charge < -0.3 is 16.0 Å². The number of benzene rings is 1. The van der Waals surface area contributed by atoms with Crippen LogP contribution in [0.25, 0.3) is 0 Å². The van der Waals surface area contributed by atoms with Gasteiger partial charge in [-0.25, -0.2) is 8.78 Å². The Bertz CT molecular complexity index is 595. The number of hydrogen-bond donors (Lipinski definition) is 3. The minimum Gasteiger partial charge on any atom is -0.369 e. The number of primary amides is 1. The van der Waals surface area contributed by atoms with Crippen LogP contribution in [0.15, 0.2) is 18.2 Å². The minimum absolute atomic E-state index is 0.196. The molecule has 5 nitrogen and oxygen atoms in total. The number of amides is 2. The maximum Gasteiger partial charge on any atom is 0.275 e. The molecule has 0 bridgehead atoms. The van der Waals surface area contributed by atoms with Crippen molar-refractivity contribution in [1.82, 2.24) is 5.32 Å². The van der Waals surface area contributed by atoms with E-state index in [1.165, 1.54) is 6.07 Å². The second-order valence-corrected chi connectivity index (χ2v) is 6.08. The molecule has 1 aromatic carbocycles. The number of nitrogens with one attached hydrogen (secondary N) is 2. The van der Waals surface area contributed by atoms with Crippen molar-refractivity contribution >= 4 is 11.8 Å². The summed E-state index contributed by atoms with van der Waals surface area (Å²) in [7, 11) is 0. The lowest BCUT2D eigenvalue weighted by atomic mass is 9.97. The topological polar surface area (TPSA) is 76.6 Å². The van der Waals surface area contributed by atoms with Crippen molar-refractivity contribution in [2.24, 2.45) is 11.7 Å². The van der Waals surface area contributed by atoms with Crippen molar-refractivity contribution < 1.29 is 23.3 Å². The van der Waals surface area contributed by atoms with E-state index in [0.717, 1.165) is 36.4 Å². The number of carbonyl (C=O) groups excluding carboxylic acids is 2. The largest absolute Gasteiger partial charge is 0.369 e. The summed E-state index contributed by atoms with van der Waals surface area (Å²) in [6.07, 6.45) is 1.61. The maximum absolute atomic E-state index is 13.7. The van der Waals surface area contributed by atoms with E-state index in [-0.39, 0.29) is 29.8 Å². The monoisotopic (exact) mass is 326 g/mol. The van der Waals surface area contributed by atoms with Gasteiger partial charge in [-0.3, -0.25) is 9.59 Å². The SMILES string of the molecule is C[C@@H](NC(=O)C[NH+]1CCC[C@H](C(N)=O)C1)c1ccc(F)cc1F. The zero-order valence-corrected chi connectivity index (χ0v) is 13.1. The van der Waals surface area contributed by atoms with Crippen LogP contribution in [-0.2, 0) is 9.59 Å². The van der Waals surface area contributed by atoms with Crippen molar-refractivity contribution in [3.05, 3.63) is 35.4 Å². The van der Waals surface area contributed by atoms with Gasteiger partial charge in [0, 0.05) is 11.6 Å². The summed E-state index contributed by atoms with van der Waals surface area (Å²) >= 11 is 0. The smallest absolute Gasteiger partial charge is 0.275 e. The summed E-state index contributed by atoms with van der Waals surface area (Å²) < 4.78 is 26.6. The van der Waals surface area contributed by atoms with Crippen LogP contribution >= 0.6 is 0 Å². The number of halogens is 2. The average Bonchev–Trinajstić information content (AvgIpc) is 2.47. The number of hydrogen-bond acceptors (Lipinski definition) is 2. The van der Waals surface area contributed by atoms with Crippen LogP contribution in [0, 0.1) is 17.6 Å². The maximum atomic E-state index is 13.7. The molecule has 1 aliphatic rings. The second kappa shape index (κ2) is 7.50. The number of carbonyl (C=O) groups is 2. The molecule has 2 rings (SSSR count). The molecule has 1 aromatic rings. The van der Waals surface area contributed by atoms with Gasteiger partial charge in [-0.2, -0.15) is 0 Å². The molecule has 1 saturated heterocycles. The number of quaternary nitrogens is 1. The molecule has 1 fully saturated rings. The summed E-state index contributed by atoms with van der Waals surface area (Å²) in [5, 5.41) is 2.71. The highest BCUT2D eigenvalue weighted by molar-refractivity contribution is 5.78. The first kappa shape index (κ1) is 17.3. The first-order valence-corrected chi connectivity index (χ1v) is 7.74. The van der Waals surface area contributed by atoms with Gasteiger partial charge in [0.05, 0.1) is 25.0 Å². The molecule has 0 aliphatic carbocycles. The molecule has 3 atom stereocenters. The quantitative estimate of drug-likeness (QED) is 0.708. The predicted octanol–water partition coefficient (Wildman–Crippen LogP) is -0.0778. The number of piperidine rings is 1. The highest BCUT2D eigenvalue weighted by Crippen LogP contribution is 2.17. The molecule has 1 aliphatic heterocycles. The summed E-state index contributed by atoms with van der Waals surface area (Å²) in [6.45, 7) is 3.20. The second-order valence-electron chi connectivity index (χ2n) is 6.08. The van der Waals surface area contributed by atoms with Gasteiger partial charge in [0.15, 0.2) is 6.54 Å². The van der Waals surface area contributed by atoms with Crippen LogP contribution in [0.1, 0.15) is 31.4 Å². The third-order valence-electron chi connectivity index (χ3n) is 4.24. The molecule has 0 aromatic heterocycles. The van der Waals surface area contributed by atoms with E-state index < -0.39 is 17.7 Å². The van der Waals surface area contributed by atoms with Crippen molar-refractivity contribution in [2.75, 3.05) is 19.6 Å². The molecule has 0 saturated carbocycles. The van der Waals surface area contributed by atoms with Crippen LogP contribution in [0.4, 0.5) is 8.78 Å². The molecule has 4 N–H and O–H groups in total. The molecule has 0 spiro atoms. The van der Waals surface area contributed by atoms with Gasteiger partial charge in [-0.15, -0.1) is 0 Å². The highest BCUT2D eigenvalue weighted by atomic mass is 19.1. The van der Waals surface area contributed by atoms with E-state index in [1.54, 1.807) is 6.92 Å². The fraction of sp³-hybridized carbons (Fsp3) is 0.500. The molecule has 7 heteroatoms. The zero-order valence-electron chi connectivity index (χ0n) is 13.1. The first-order chi connectivity index (χ1) is 10.9. The van der Waals surface area contributed by atoms with Crippen molar-refractivity contribution in [2.45, 2.75) is 25.8 Å². The van der Waals surface area contributed by atoms with E-state index in [0.29, 0.717) is 6.54 Å².